The Morgan fingerprint density at radius 1 is 1.00 bits per heavy atom. The van der Waals surface area contributed by atoms with Crippen LogP contribution in [0.3, 0.4) is 0 Å². The quantitative estimate of drug-likeness (QED) is 0.418. The summed E-state index contributed by atoms with van der Waals surface area (Å²) in [4.78, 5) is 10.4. The van der Waals surface area contributed by atoms with E-state index in [-0.39, 0.29) is 6.42 Å². The van der Waals surface area contributed by atoms with Crippen molar-refractivity contribution < 1.29 is 50.6 Å². The van der Waals surface area contributed by atoms with E-state index in [9.17, 15) is 9.28 Å². The van der Waals surface area contributed by atoms with Gasteiger partial charge in [-0.15, -0.1) is 4.48 Å². The van der Waals surface area contributed by atoms with Gasteiger partial charge in [-0.2, -0.15) is 17.3 Å². The van der Waals surface area contributed by atoms with Crippen LogP contribution < -0.4 is 5.54 Å². The summed E-state index contributed by atoms with van der Waals surface area (Å²) in [5, 5.41) is 0. The highest BCUT2D eigenvalue weighted by atomic mass is 32.2. The molecule has 13 heteroatoms. The van der Waals surface area contributed by atoms with Gasteiger partial charge in [0.25, 0.3) is 0 Å². The van der Waals surface area contributed by atoms with E-state index in [0.29, 0.717) is 5.75 Å². The molecule has 0 fully saturated rings. The summed E-state index contributed by atoms with van der Waals surface area (Å²) in [6.07, 6.45) is 1.21. The maximum Gasteiger partial charge on any atom is 0.248 e. The van der Waals surface area contributed by atoms with Gasteiger partial charge in [-0.1, -0.05) is 0 Å². The minimum absolute atomic E-state index is 0.244. The smallest absolute Gasteiger partial charge is 0.248 e. The van der Waals surface area contributed by atoms with E-state index >= 15 is 0 Å². The number of carbonyl (C=O) groups is 1. The Bertz CT molecular complexity index is 139. The van der Waals surface area contributed by atoms with Gasteiger partial charge in [-0.05, 0) is 12.2 Å². The fourth-order valence-corrected chi connectivity index (χ4v) is 1.48. The number of carbonyl (C=O) groups excluding carboxylic acids is 1. The molecule has 0 aromatic rings. The molecule has 0 aliphatic carbocycles. The Kier molecular flexibility index (Phi) is 81.6. The first-order chi connectivity index (χ1) is 9.81. The average Bonchev–Trinajstić information content (AvgIpc) is 2.58. The molecule has 0 heterocycles. The second-order valence-electron chi connectivity index (χ2n) is 2.23. The molecule has 0 aromatic heterocycles. The van der Waals surface area contributed by atoms with Crippen LogP contribution >= 0.6 is 11.8 Å². The van der Waals surface area contributed by atoms with Gasteiger partial charge in [0.2, 0.25) is 5.91 Å². The molecular weight excluding hydrogens is 333 g/mol. The summed E-state index contributed by atoms with van der Waals surface area (Å²) in [6.45, 7) is 0.738. The number of halogens is 9. The van der Waals surface area contributed by atoms with Crippen molar-refractivity contribution in [1.82, 2.24) is 5.54 Å². The van der Waals surface area contributed by atoms with Gasteiger partial charge < -0.3 is 4.74 Å². The Labute approximate surface area is 113 Å². The largest absolute Gasteiger partial charge is 0.385 e. The molecular formula is C7H14F9NO2S. The molecule has 3 nitrogen and oxygen atoms in total. The number of methoxy groups -OCH3 is 1. The van der Waals surface area contributed by atoms with E-state index in [0.717, 1.165) is 24.3 Å². The highest BCUT2D eigenvalue weighted by molar-refractivity contribution is 7.99. The van der Waals surface area contributed by atoms with E-state index in [2.05, 4.69) is 0 Å². The molecule has 0 radical (unpaired) electrons. The van der Waals surface area contributed by atoms with E-state index in [4.69, 9.17) is 41.3 Å². The van der Waals surface area contributed by atoms with Crippen LogP contribution in [0.2, 0.25) is 0 Å². The minimum Gasteiger partial charge on any atom is -0.385 e. The van der Waals surface area contributed by atoms with E-state index in [1.807, 2.05) is 0 Å². The van der Waals surface area contributed by atoms with Gasteiger partial charge in [0.1, 0.15) is 0 Å². The second kappa shape index (κ2) is 51.8. The van der Waals surface area contributed by atoms with Gasteiger partial charge in [0.05, 0.1) is 0 Å². The minimum atomic E-state index is -0.547. The van der Waals surface area contributed by atoms with Crippen molar-refractivity contribution >= 4 is 17.7 Å². The SMILES string of the molecule is COCCCSCCC(=O)NF.FF.FF.FF.FF. The topological polar surface area (TPSA) is 38.3 Å². The molecule has 20 heavy (non-hydrogen) atoms. The third-order valence-corrected chi connectivity index (χ3v) is 2.29. The molecule has 0 aromatic carbocycles. The van der Waals surface area contributed by atoms with E-state index in [1.165, 1.54) is 0 Å². The summed E-state index contributed by atoms with van der Waals surface area (Å²) in [5.41, 5.74) is 1.09. The lowest BCUT2D eigenvalue weighted by atomic mass is 10.5. The molecule has 0 aliphatic rings. The van der Waals surface area contributed by atoms with Crippen molar-refractivity contribution in [1.29, 1.82) is 0 Å². The number of hydrogen-bond acceptors (Lipinski definition) is 3. The predicted molar refractivity (Wildman–Crippen MR) is 56.5 cm³/mol. The normalized spacial score (nSPS) is 7.10. The fraction of sp³-hybridized carbons (Fsp3) is 0.857. The third kappa shape index (κ3) is 53.4. The van der Waals surface area contributed by atoms with Crippen molar-refractivity contribution in [2.75, 3.05) is 25.2 Å². The molecule has 0 aliphatic heterocycles. The van der Waals surface area contributed by atoms with Crippen molar-refractivity contribution in [3.63, 3.8) is 0 Å². The summed E-state index contributed by atoms with van der Waals surface area (Å²) >= 11 is 1.63. The molecule has 0 rings (SSSR count). The first-order valence-corrected chi connectivity index (χ1v) is 5.50. The van der Waals surface area contributed by atoms with Crippen LogP contribution in [0.5, 0.6) is 0 Å². The van der Waals surface area contributed by atoms with Gasteiger partial charge in [-0.3, -0.25) is 4.79 Å². The molecule has 0 spiro atoms. The van der Waals surface area contributed by atoms with Crippen molar-refractivity contribution in [2.24, 2.45) is 0 Å². The van der Waals surface area contributed by atoms with Crippen LogP contribution in [-0.4, -0.2) is 31.1 Å². The Morgan fingerprint density at radius 3 is 1.80 bits per heavy atom. The second-order valence-corrected chi connectivity index (χ2v) is 3.45. The molecule has 1 amide bonds. The van der Waals surface area contributed by atoms with E-state index < -0.39 is 5.91 Å². The highest BCUT2D eigenvalue weighted by Gasteiger charge is 1.98. The zero-order chi connectivity index (χ0) is 17.2. The maximum atomic E-state index is 11.4. The Balaban J connectivity index is -0.0000000799. The Morgan fingerprint density at radius 2 is 1.45 bits per heavy atom. The zero-order valence-electron chi connectivity index (χ0n) is 10.2. The predicted octanol–water partition coefficient (Wildman–Crippen LogP) is 4.51. The average molecular weight is 347 g/mol. The molecule has 1 N–H and O–H groups in total. The fourth-order valence-electron chi connectivity index (χ4n) is 0.619. The molecule has 0 unspecified atom stereocenters. The maximum absolute atomic E-state index is 11.4. The molecule has 0 atom stereocenters. The monoisotopic (exact) mass is 347 g/mol. The van der Waals surface area contributed by atoms with Gasteiger partial charge >= 0.3 is 0 Å². The number of rotatable bonds is 7. The van der Waals surface area contributed by atoms with Crippen molar-refractivity contribution in [3.8, 4) is 0 Å². The molecule has 0 saturated carbocycles. The molecule has 0 saturated heterocycles. The van der Waals surface area contributed by atoms with Crippen LogP contribution in [0.15, 0.2) is 0 Å². The van der Waals surface area contributed by atoms with Gasteiger partial charge in [-0.25, -0.2) is 0 Å². The summed E-state index contributed by atoms with van der Waals surface area (Å²) in [7, 11) is 1.65. The highest BCUT2D eigenvalue weighted by Crippen LogP contribution is 2.04. The van der Waals surface area contributed by atoms with Crippen LogP contribution in [0, 0.1) is 0 Å². The lowest BCUT2D eigenvalue weighted by molar-refractivity contribution is -0.124. The number of hydrogen-bond donors (Lipinski definition) is 1. The molecule has 0 bridgehead atoms. The number of amides is 1. The zero-order valence-corrected chi connectivity index (χ0v) is 11.0. The Hall–Kier alpha value is -0.850. The van der Waals surface area contributed by atoms with E-state index in [1.54, 1.807) is 18.9 Å². The standard InChI is InChI=1S/C7H14FNO2S.4F2/c1-11-4-2-5-12-6-3-7(10)9-8;4*1-2/h2-6H2,1H3,(H,9,10);;;;. The van der Waals surface area contributed by atoms with Gasteiger partial charge in [0, 0.05) is 62.5 Å². The summed E-state index contributed by atoms with van der Waals surface area (Å²) in [5.74, 6) is 1.07. The summed E-state index contributed by atoms with van der Waals surface area (Å²) in [6, 6.07) is 0. The van der Waals surface area contributed by atoms with Crippen molar-refractivity contribution in [3.05, 3.63) is 0 Å². The number of ether oxygens (including phenoxy) is 1. The first kappa shape index (κ1) is 31.5. The summed E-state index contributed by atoms with van der Waals surface area (Å²) < 4.78 is 80.2. The lowest BCUT2D eigenvalue weighted by Crippen LogP contribution is -2.13. The van der Waals surface area contributed by atoms with Crippen LogP contribution in [0.25, 0.3) is 0 Å². The van der Waals surface area contributed by atoms with Gasteiger partial charge in [0.15, 0.2) is 0 Å². The van der Waals surface area contributed by atoms with Crippen molar-refractivity contribution in [2.45, 2.75) is 12.8 Å². The number of thioether (sulfide) groups is 1. The van der Waals surface area contributed by atoms with Crippen LogP contribution in [0.4, 0.5) is 41.1 Å². The third-order valence-electron chi connectivity index (χ3n) is 1.22. The van der Waals surface area contributed by atoms with Crippen LogP contribution in [0.1, 0.15) is 12.8 Å². The lowest BCUT2D eigenvalue weighted by Gasteiger charge is -1.99. The first-order valence-electron chi connectivity index (χ1n) is 4.34. The number of nitrogens with one attached hydrogen (secondary N) is 1. The van der Waals surface area contributed by atoms with Crippen LogP contribution in [-0.2, 0) is 9.53 Å². The molecule has 128 valence electrons.